The van der Waals surface area contributed by atoms with Crippen LogP contribution in [0.25, 0.3) is 11.1 Å². The average molecular weight is 342 g/mol. The number of ketones is 1. The Kier molecular flexibility index (Phi) is 4.04. The molecule has 4 rings (SSSR count). The molecule has 2 aromatic heterocycles. The normalized spacial score (nSPS) is 12.0. The molecule has 6 heteroatoms. The van der Waals surface area contributed by atoms with Crippen LogP contribution in [0.15, 0.2) is 71.4 Å². The van der Waals surface area contributed by atoms with Crippen LogP contribution in [-0.2, 0) is 6.54 Å². The molecule has 26 heavy (non-hydrogen) atoms. The minimum Gasteiger partial charge on any atom is -0.439 e. The van der Waals surface area contributed by atoms with Gasteiger partial charge < -0.3 is 4.42 Å². The number of hydrogen-bond donors (Lipinski definition) is 0. The van der Waals surface area contributed by atoms with Gasteiger partial charge in [0.1, 0.15) is 5.52 Å². The zero-order chi connectivity index (χ0) is 17.9. The number of carbonyl (C=O) groups is 1. The van der Waals surface area contributed by atoms with E-state index in [0.29, 0.717) is 23.2 Å². The lowest BCUT2D eigenvalue weighted by atomic mass is 9.98. The first-order chi connectivity index (χ1) is 12.7. The maximum absolute atomic E-state index is 12.7. The average Bonchev–Trinajstić information content (AvgIpc) is 3.32. The molecule has 0 saturated carbocycles. The number of carbonyl (C=O) groups excluding carboxylic acids is 1. The van der Waals surface area contributed by atoms with E-state index < -0.39 is 5.92 Å². The second-order valence-corrected chi connectivity index (χ2v) is 5.85. The number of fused-ring (bicyclic) bond motifs is 1. The molecule has 0 aliphatic carbocycles. The van der Waals surface area contributed by atoms with E-state index in [1.54, 1.807) is 35.1 Å². The molecule has 0 bridgehead atoms. The van der Waals surface area contributed by atoms with Crippen molar-refractivity contribution in [2.24, 2.45) is 0 Å². The number of Topliss-reactive ketones (excluding diaryl/α,β-unsaturated/α-hetero) is 1. The van der Waals surface area contributed by atoms with E-state index >= 15 is 0 Å². The maximum Gasteiger partial charge on any atom is 0.220 e. The van der Waals surface area contributed by atoms with E-state index in [9.17, 15) is 10.1 Å². The van der Waals surface area contributed by atoms with Crippen LogP contribution in [0.1, 0.15) is 27.7 Å². The van der Waals surface area contributed by atoms with Crippen molar-refractivity contribution in [1.29, 1.82) is 5.26 Å². The van der Waals surface area contributed by atoms with Crippen molar-refractivity contribution in [3.8, 4) is 6.07 Å². The fraction of sp³-hybridized carbons (Fsp3) is 0.100. The molecule has 6 nitrogen and oxygen atoms in total. The molecular formula is C20H14N4O2. The Balaban J connectivity index is 1.57. The first-order valence-electron chi connectivity index (χ1n) is 8.10. The summed E-state index contributed by atoms with van der Waals surface area (Å²) in [7, 11) is 0. The quantitative estimate of drug-likeness (QED) is 0.518. The summed E-state index contributed by atoms with van der Waals surface area (Å²) in [6, 6.07) is 18.2. The van der Waals surface area contributed by atoms with E-state index in [2.05, 4.69) is 10.1 Å². The summed E-state index contributed by atoms with van der Waals surface area (Å²) in [5, 5.41) is 13.6. The molecule has 1 atom stereocenters. The highest BCUT2D eigenvalue weighted by atomic mass is 16.3. The first kappa shape index (κ1) is 15.8. The maximum atomic E-state index is 12.7. The Bertz CT molecular complexity index is 1060. The topological polar surface area (TPSA) is 84.7 Å². The smallest absolute Gasteiger partial charge is 0.220 e. The Morgan fingerprint density at radius 2 is 1.96 bits per heavy atom. The molecule has 0 aliphatic heterocycles. The van der Waals surface area contributed by atoms with Crippen LogP contribution in [-0.4, -0.2) is 20.5 Å². The van der Waals surface area contributed by atoms with Gasteiger partial charge in [-0.05, 0) is 23.8 Å². The minimum absolute atomic E-state index is 0.124. The Morgan fingerprint density at radius 3 is 2.65 bits per heavy atom. The standard InChI is InChI=1S/C20H14N4O2/c21-12-16(20-23-17-4-1-2-5-18(17)26-20)19(25)15-8-6-14(7-9-15)13-24-11-3-10-22-24/h1-11,16H,13H2/t16-/m1/s1. The van der Waals surface area contributed by atoms with Gasteiger partial charge in [-0.3, -0.25) is 9.48 Å². The largest absolute Gasteiger partial charge is 0.439 e. The zero-order valence-corrected chi connectivity index (χ0v) is 13.7. The summed E-state index contributed by atoms with van der Waals surface area (Å²) in [5.74, 6) is -1.27. The Hall–Kier alpha value is -3.72. The van der Waals surface area contributed by atoms with Crippen molar-refractivity contribution in [2.45, 2.75) is 12.5 Å². The highest BCUT2D eigenvalue weighted by Gasteiger charge is 2.27. The van der Waals surface area contributed by atoms with Crippen LogP contribution in [0.3, 0.4) is 0 Å². The lowest BCUT2D eigenvalue weighted by molar-refractivity contribution is 0.0970. The SMILES string of the molecule is N#C[C@H](C(=O)c1ccc(Cn2cccn2)cc1)c1nc2ccccc2o1. The van der Waals surface area contributed by atoms with Crippen molar-refractivity contribution in [3.05, 3.63) is 84.0 Å². The fourth-order valence-electron chi connectivity index (χ4n) is 2.76. The molecule has 0 fully saturated rings. The molecule has 0 aliphatic rings. The number of aromatic nitrogens is 3. The van der Waals surface area contributed by atoms with Gasteiger partial charge in [-0.1, -0.05) is 36.4 Å². The molecule has 0 amide bonds. The van der Waals surface area contributed by atoms with Crippen molar-refractivity contribution in [1.82, 2.24) is 14.8 Å². The van der Waals surface area contributed by atoms with Crippen LogP contribution in [0.5, 0.6) is 0 Å². The Labute approximate surface area is 149 Å². The van der Waals surface area contributed by atoms with Crippen molar-refractivity contribution >= 4 is 16.9 Å². The van der Waals surface area contributed by atoms with Gasteiger partial charge in [0, 0.05) is 18.0 Å². The van der Waals surface area contributed by atoms with Crippen LogP contribution in [0.4, 0.5) is 0 Å². The summed E-state index contributed by atoms with van der Waals surface area (Å²) >= 11 is 0. The predicted octanol–water partition coefficient (Wildman–Crippen LogP) is 3.56. The van der Waals surface area contributed by atoms with E-state index in [1.807, 2.05) is 42.6 Å². The third-order valence-electron chi connectivity index (χ3n) is 4.09. The zero-order valence-electron chi connectivity index (χ0n) is 13.7. The molecular weight excluding hydrogens is 328 g/mol. The number of para-hydroxylation sites is 2. The van der Waals surface area contributed by atoms with Crippen molar-refractivity contribution in [3.63, 3.8) is 0 Å². The number of rotatable bonds is 5. The van der Waals surface area contributed by atoms with Crippen molar-refractivity contribution in [2.75, 3.05) is 0 Å². The predicted molar refractivity (Wildman–Crippen MR) is 94.5 cm³/mol. The number of oxazole rings is 1. The van der Waals surface area contributed by atoms with Gasteiger partial charge in [0.25, 0.3) is 0 Å². The minimum atomic E-state index is -1.07. The summed E-state index contributed by atoms with van der Waals surface area (Å²) in [6.07, 6.45) is 3.59. The van der Waals surface area contributed by atoms with Crippen LogP contribution >= 0.6 is 0 Å². The highest BCUT2D eigenvalue weighted by Crippen LogP contribution is 2.24. The van der Waals surface area contributed by atoms with Gasteiger partial charge in [-0.15, -0.1) is 0 Å². The summed E-state index contributed by atoms with van der Waals surface area (Å²) in [5.41, 5.74) is 2.65. The molecule has 2 aromatic carbocycles. The molecule has 0 radical (unpaired) electrons. The van der Waals surface area contributed by atoms with Gasteiger partial charge >= 0.3 is 0 Å². The van der Waals surface area contributed by atoms with Gasteiger partial charge in [0.2, 0.25) is 5.89 Å². The summed E-state index contributed by atoms with van der Waals surface area (Å²) in [6.45, 7) is 0.619. The number of nitrogens with zero attached hydrogens (tertiary/aromatic N) is 4. The lowest BCUT2D eigenvalue weighted by Gasteiger charge is -2.06. The number of hydrogen-bond acceptors (Lipinski definition) is 5. The molecule has 0 saturated heterocycles. The molecule has 0 unspecified atom stereocenters. The molecule has 126 valence electrons. The summed E-state index contributed by atoms with van der Waals surface area (Å²) in [4.78, 5) is 17.0. The van der Waals surface area contributed by atoms with E-state index in [4.69, 9.17) is 4.42 Å². The van der Waals surface area contributed by atoms with Gasteiger partial charge in [0.05, 0.1) is 12.6 Å². The van der Waals surface area contributed by atoms with Gasteiger partial charge in [-0.25, -0.2) is 4.98 Å². The molecule has 0 N–H and O–H groups in total. The monoisotopic (exact) mass is 342 g/mol. The highest BCUT2D eigenvalue weighted by molar-refractivity contribution is 6.02. The lowest BCUT2D eigenvalue weighted by Crippen LogP contribution is -2.12. The van der Waals surface area contributed by atoms with Crippen LogP contribution in [0, 0.1) is 11.3 Å². The second kappa shape index (κ2) is 6.65. The van der Waals surface area contributed by atoms with Crippen LogP contribution < -0.4 is 0 Å². The fourth-order valence-corrected chi connectivity index (χ4v) is 2.76. The summed E-state index contributed by atoms with van der Waals surface area (Å²) < 4.78 is 7.39. The van der Waals surface area contributed by atoms with Crippen LogP contribution in [0.2, 0.25) is 0 Å². The van der Waals surface area contributed by atoms with Gasteiger partial charge in [0.15, 0.2) is 17.3 Å². The number of benzene rings is 2. The Morgan fingerprint density at radius 1 is 1.15 bits per heavy atom. The van der Waals surface area contributed by atoms with Crippen molar-refractivity contribution < 1.29 is 9.21 Å². The third-order valence-corrected chi connectivity index (χ3v) is 4.09. The van der Waals surface area contributed by atoms with E-state index in [0.717, 1.165) is 5.56 Å². The van der Waals surface area contributed by atoms with E-state index in [-0.39, 0.29) is 11.7 Å². The molecule has 0 spiro atoms. The van der Waals surface area contributed by atoms with Gasteiger partial charge in [-0.2, -0.15) is 10.4 Å². The first-order valence-corrected chi connectivity index (χ1v) is 8.10. The third kappa shape index (κ3) is 2.98. The second-order valence-electron chi connectivity index (χ2n) is 5.85. The van der Waals surface area contributed by atoms with E-state index in [1.165, 1.54) is 0 Å². The molecule has 4 aromatic rings. The number of nitriles is 1. The molecule has 2 heterocycles.